The van der Waals surface area contributed by atoms with Gasteiger partial charge in [-0.2, -0.15) is 0 Å². The number of amides is 1. The lowest BCUT2D eigenvalue weighted by atomic mass is 9.66. The van der Waals surface area contributed by atoms with Gasteiger partial charge in [-0.1, -0.05) is 67.4 Å². The number of piperidine rings is 1. The van der Waals surface area contributed by atoms with E-state index in [1.54, 1.807) is 13.8 Å². The van der Waals surface area contributed by atoms with Crippen LogP contribution in [0.15, 0.2) is 61.2 Å². The quantitative estimate of drug-likeness (QED) is 0.432. The van der Waals surface area contributed by atoms with Crippen LogP contribution in [0.3, 0.4) is 0 Å². The molecule has 2 aromatic carbocycles. The normalized spacial score (nSPS) is 25.0. The number of hydrogen-bond acceptors (Lipinski definition) is 2. The number of rotatable bonds is 7. The Morgan fingerprint density at radius 3 is 2.38 bits per heavy atom. The van der Waals surface area contributed by atoms with Crippen LogP contribution in [0.5, 0.6) is 0 Å². The molecule has 0 spiro atoms. The van der Waals surface area contributed by atoms with Gasteiger partial charge in [0, 0.05) is 16.0 Å². The minimum atomic E-state index is -1.07. The highest BCUT2D eigenvalue weighted by Crippen LogP contribution is 2.53. The van der Waals surface area contributed by atoms with Gasteiger partial charge in [-0.3, -0.25) is 4.79 Å². The van der Waals surface area contributed by atoms with Crippen molar-refractivity contribution < 1.29 is 9.90 Å². The van der Waals surface area contributed by atoms with Gasteiger partial charge in [0.25, 0.3) is 0 Å². The van der Waals surface area contributed by atoms with Crippen LogP contribution in [0.2, 0.25) is 10.0 Å². The minimum absolute atomic E-state index is 0.00562. The second-order valence-electron chi connectivity index (χ2n) is 9.71. The number of halogens is 2. The lowest BCUT2D eigenvalue weighted by Gasteiger charge is -2.54. The first-order valence-electron chi connectivity index (χ1n) is 11.2. The molecule has 1 heterocycles. The van der Waals surface area contributed by atoms with Crippen LogP contribution in [0.25, 0.3) is 0 Å². The van der Waals surface area contributed by atoms with Gasteiger partial charge in [0.15, 0.2) is 0 Å². The predicted octanol–water partition coefficient (Wildman–Crippen LogP) is 7.18. The largest absolute Gasteiger partial charge is 0.388 e. The maximum absolute atomic E-state index is 14.1. The summed E-state index contributed by atoms with van der Waals surface area (Å²) in [5.74, 6) is 0.0403. The average Bonchev–Trinajstić information content (AvgIpc) is 2.71. The fraction of sp³-hybridized carbons (Fsp3) is 0.444. The molecule has 0 radical (unpaired) electrons. The zero-order valence-electron chi connectivity index (χ0n) is 19.3. The van der Waals surface area contributed by atoms with Crippen molar-refractivity contribution in [3.63, 3.8) is 0 Å². The van der Waals surface area contributed by atoms with Crippen molar-refractivity contribution in [2.45, 2.75) is 70.6 Å². The van der Waals surface area contributed by atoms with E-state index in [0.717, 1.165) is 11.1 Å². The van der Waals surface area contributed by atoms with Gasteiger partial charge in [0.2, 0.25) is 5.91 Å². The average molecular weight is 474 g/mol. The maximum Gasteiger partial charge on any atom is 0.229 e. The van der Waals surface area contributed by atoms with Gasteiger partial charge in [-0.05, 0) is 68.5 Å². The molecule has 3 rings (SSSR count). The number of likely N-dealkylation sites (tertiary alicyclic amines) is 1. The van der Waals surface area contributed by atoms with Crippen LogP contribution in [-0.4, -0.2) is 27.6 Å². The summed E-state index contributed by atoms with van der Waals surface area (Å²) in [5, 5.41) is 12.4. The summed E-state index contributed by atoms with van der Waals surface area (Å²) in [6.07, 6.45) is 3.67. The number of carbonyl (C=O) groups excluding carboxylic acids is 1. The van der Waals surface area contributed by atoms with Gasteiger partial charge in [0.05, 0.1) is 23.1 Å². The van der Waals surface area contributed by atoms with Crippen molar-refractivity contribution in [2.75, 3.05) is 0 Å². The number of benzene rings is 2. The molecule has 1 aliphatic rings. The standard InChI is InChI=1S/C27H33Cl2NO2/c1-6-15-27(5)17-22(19-9-8-10-21(29)16-19)24(18-11-13-20(28)14-12-18)30(25(27)31)23(7-2)26(3,4)32/h6,8-14,16,22-24,32H,1,7,15,17H2,2-5H3/t22-,23+,24-,27+/m1/s1. The van der Waals surface area contributed by atoms with Gasteiger partial charge < -0.3 is 10.0 Å². The molecular formula is C27H33Cl2NO2. The van der Waals surface area contributed by atoms with Crippen LogP contribution < -0.4 is 0 Å². The summed E-state index contributed by atoms with van der Waals surface area (Å²) < 4.78 is 0. The summed E-state index contributed by atoms with van der Waals surface area (Å²) in [6.45, 7) is 11.5. The molecule has 1 aliphatic heterocycles. The molecule has 172 valence electrons. The molecule has 5 heteroatoms. The Morgan fingerprint density at radius 2 is 1.84 bits per heavy atom. The maximum atomic E-state index is 14.1. The zero-order valence-corrected chi connectivity index (χ0v) is 20.8. The monoisotopic (exact) mass is 473 g/mol. The molecule has 1 amide bonds. The lowest BCUT2D eigenvalue weighted by molar-refractivity contribution is -0.162. The van der Waals surface area contributed by atoms with E-state index in [1.165, 1.54) is 0 Å². The molecule has 1 N–H and O–H groups in total. The van der Waals surface area contributed by atoms with Gasteiger partial charge in [-0.15, -0.1) is 6.58 Å². The molecule has 0 bridgehead atoms. The first-order valence-corrected chi connectivity index (χ1v) is 11.9. The molecule has 4 atom stereocenters. The minimum Gasteiger partial charge on any atom is -0.388 e. The third-order valence-corrected chi connectivity index (χ3v) is 7.21. The van der Waals surface area contributed by atoms with Crippen LogP contribution in [0.4, 0.5) is 0 Å². The number of nitrogens with zero attached hydrogens (tertiary/aromatic N) is 1. The summed E-state index contributed by atoms with van der Waals surface area (Å²) in [5.41, 5.74) is 0.378. The molecule has 1 saturated heterocycles. The van der Waals surface area contributed by atoms with Crippen LogP contribution in [-0.2, 0) is 4.79 Å². The van der Waals surface area contributed by atoms with E-state index in [9.17, 15) is 9.90 Å². The smallest absolute Gasteiger partial charge is 0.229 e. The van der Waals surface area contributed by atoms with E-state index in [1.807, 2.05) is 67.3 Å². The molecule has 2 aromatic rings. The number of hydrogen-bond donors (Lipinski definition) is 1. The zero-order chi connectivity index (χ0) is 23.7. The van der Waals surface area contributed by atoms with E-state index >= 15 is 0 Å². The van der Waals surface area contributed by atoms with E-state index in [4.69, 9.17) is 23.2 Å². The van der Waals surface area contributed by atoms with Crippen molar-refractivity contribution in [3.8, 4) is 0 Å². The fourth-order valence-corrected chi connectivity index (χ4v) is 5.59. The molecule has 32 heavy (non-hydrogen) atoms. The number of aliphatic hydroxyl groups is 1. The van der Waals surface area contributed by atoms with Crippen molar-refractivity contribution >= 4 is 29.1 Å². The summed E-state index contributed by atoms with van der Waals surface area (Å²) in [6, 6.07) is 15.0. The molecule has 1 fully saturated rings. The highest BCUT2D eigenvalue weighted by Gasteiger charge is 2.52. The third-order valence-electron chi connectivity index (χ3n) is 6.72. The van der Waals surface area contributed by atoms with E-state index in [2.05, 4.69) is 12.6 Å². The van der Waals surface area contributed by atoms with Crippen LogP contribution in [0, 0.1) is 5.41 Å². The molecular weight excluding hydrogens is 441 g/mol. The van der Waals surface area contributed by atoms with Gasteiger partial charge in [0.1, 0.15) is 0 Å². The first-order chi connectivity index (χ1) is 15.0. The summed E-state index contributed by atoms with van der Waals surface area (Å²) in [7, 11) is 0. The van der Waals surface area contributed by atoms with Crippen molar-refractivity contribution in [1.82, 2.24) is 4.90 Å². The lowest BCUT2D eigenvalue weighted by Crippen LogP contribution is -2.60. The topological polar surface area (TPSA) is 40.5 Å². The van der Waals surface area contributed by atoms with E-state index in [0.29, 0.717) is 29.3 Å². The van der Waals surface area contributed by atoms with Crippen molar-refractivity contribution in [2.24, 2.45) is 5.41 Å². The Morgan fingerprint density at radius 1 is 1.19 bits per heavy atom. The highest BCUT2D eigenvalue weighted by atomic mass is 35.5. The second kappa shape index (κ2) is 9.59. The number of allylic oxidation sites excluding steroid dienone is 1. The summed E-state index contributed by atoms with van der Waals surface area (Å²) >= 11 is 12.6. The Bertz CT molecular complexity index is 966. The third kappa shape index (κ3) is 4.90. The van der Waals surface area contributed by atoms with E-state index < -0.39 is 11.0 Å². The first kappa shape index (κ1) is 24.8. The number of carbonyl (C=O) groups is 1. The molecule has 0 aromatic heterocycles. The van der Waals surface area contributed by atoms with Gasteiger partial charge >= 0.3 is 0 Å². The fourth-order valence-electron chi connectivity index (χ4n) is 5.27. The van der Waals surface area contributed by atoms with Crippen LogP contribution >= 0.6 is 23.2 Å². The second-order valence-corrected chi connectivity index (χ2v) is 10.6. The Balaban J connectivity index is 2.27. The van der Waals surface area contributed by atoms with Crippen molar-refractivity contribution in [3.05, 3.63) is 82.4 Å². The predicted molar refractivity (Wildman–Crippen MR) is 133 cm³/mol. The van der Waals surface area contributed by atoms with Crippen LogP contribution in [0.1, 0.15) is 70.0 Å². The molecule has 0 aliphatic carbocycles. The Kier molecular flexibility index (Phi) is 7.44. The molecule has 3 nitrogen and oxygen atoms in total. The van der Waals surface area contributed by atoms with Crippen molar-refractivity contribution in [1.29, 1.82) is 0 Å². The van der Waals surface area contributed by atoms with Gasteiger partial charge in [-0.25, -0.2) is 0 Å². The highest BCUT2D eigenvalue weighted by molar-refractivity contribution is 6.30. The Hall–Kier alpha value is -1.81. The SMILES string of the molecule is C=CC[C@@]1(C)C[C@H](c2cccc(Cl)c2)[C@@H](c2ccc(Cl)cc2)N([C@@H](CC)C(C)(C)O)C1=O. The van der Waals surface area contributed by atoms with E-state index in [-0.39, 0.29) is 23.9 Å². The molecule has 0 unspecified atom stereocenters. The Labute approximate surface area is 202 Å². The summed E-state index contributed by atoms with van der Waals surface area (Å²) in [4.78, 5) is 16.0. The molecule has 0 saturated carbocycles.